The summed E-state index contributed by atoms with van der Waals surface area (Å²) in [5.41, 5.74) is 4.69. The molecule has 1 unspecified atom stereocenters. The molecule has 8 nitrogen and oxygen atoms in total. The molecule has 9 heteroatoms. The summed E-state index contributed by atoms with van der Waals surface area (Å²) in [6.45, 7) is 0. The Kier molecular flexibility index (Phi) is 7.33. The van der Waals surface area contributed by atoms with Crippen molar-refractivity contribution < 1.29 is 24.3 Å². The monoisotopic (exact) mass is 529 g/mol. The number of rotatable bonds is 9. The van der Waals surface area contributed by atoms with Crippen molar-refractivity contribution in [2.75, 3.05) is 12.4 Å². The normalized spacial score (nSPS) is 13.5. The lowest BCUT2D eigenvalue weighted by Crippen LogP contribution is -2.47. The average Bonchev–Trinajstić information content (AvgIpc) is 3.76. The van der Waals surface area contributed by atoms with Crippen molar-refractivity contribution in [3.63, 3.8) is 0 Å². The van der Waals surface area contributed by atoms with Gasteiger partial charge in [0.1, 0.15) is 13.0 Å². The number of hydrogen-bond acceptors (Lipinski definition) is 5. The molecule has 1 saturated carbocycles. The first-order chi connectivity index (χ1) is 18.4. The number of hydrogen-bond donors (Lipinski definition) is 2. The minimum absolute atomic E-state index is 0.159. The Bertz CT molecular complexity index is 1470. The fraction of sp³-hybridized carbons (Fsp3) is 0.207. The van der Waals surface area contributed by atoms with Crippen molar-refractivity contribution >= 4 is 29.2 Å². The number of amides is 1. The summed E-state index contributed by atoms with van der Waals surface area (Å²) in [4.78, 5) is 39.0. The van der Waals surface area contributed by atoms with Crippen molar-refractivity contribution in [1.82, 2.24) is 9.97 Å². The van der Waals surface area contributed by atoms with Crippen molar-refractivity contribution in [1.29, 1.82) is 0 Å². The number of carboxylic acids is 1. The van der Waals surface area contributed by atoms with E-state index in [4.69, 9.17) is 21.5 Å². The fourth-order valence-corrected chi connectivity index (χ4v) is 4.64. The number of benzene rings is 2. The average molecular weight is 530 g/mol. The summed E-state index contributed by atoms with van der Waals surface area (Å²) >= 11 is 6.36. The maximum Gasteiger partial charge on any atom is 0.335 e. The van der Waals surface area contributed by atoms with Gasteiger partial charge in [0.2, 0.25) is 17.8 Å². The number of aromatic carboxylic acids is 1. The third-order valence-corrected chi connectivity index (χ3v) is 6.85. The summed E-state index contributed by atoms with van der Waals surface area (Å²) in [6, 6.07) is 15.6. The number of carbonyl (C=O) groups is 2. The molecule has 1 aliphatic carbocycles. The molecule has 1 amide bonds. The van der Waals surface area contributed by atoms with Gasteiger partial charge in [0.15, 0.2) is 0 Å². The Morgan fingerprint density at radius 2 is 1.89 bits per heavy atom. The molecule has 0 spiro atoms. The maximum absolute atomic E-state index is 13.5. The number of carbonyl (C=O) groups excluding carboxylic acids is 1. The van der Waals surface area contributed by atoms with E-state index >= 15 is 0 Å². The first-order valence-electron chi connectivity index (χ1n) is 12.2. The van der Waals surface area contributed by atoms with Gasteiger partial charge >= 0.3 is 5.97 Å². The van der Waals surface area contributed by atoms with Gasteiger partial charge in [-0.1, -0.05) is 30.5 Å². The van der Waals surface area contributed by atoms with Crippen LogP contribution < -0.4 is 14.9 Å². The second-order valence-corrected chi connectivity index (χ2v) is 9.67. The smallest absolute Gasteiger partial charge is 0.335 e. The highest BCUT2D eigenvalue weighted by Gasteiger charge is 2.36. The molecular formula is C29H26ClN4O4+. The van der Waals surface area contributed by atoms with Crippen LogP contribution >= 0.6 is 11.6 Å². The first kappa shape index (κ1) is 25.4. The molecule has 2 N–H and O–H groups in total. The minimum atomic E-state index is -1.02. The predicted octanol–water partition coefficient (Wildman–Crippen LogP) is 5.03. The summed E-state index contributed by atoms with van der Waals surface area (Å²) in [6.07, 6.45) is 9.67. The molecule has 0 saturated heterocycles. The molecule has 5 rings (SSSR count). The van der Waals surface area contributed by atoms with Gasteiger partial charge in [-0.2, -0.15) is 0 Å². The van der Waals surface area contributed by atoms with Crippen LogP contribution in [0.25, 0.3) is 22.4 Å². The zero-order valence-electron chi connectivity index (χ0n) is 20.7. The highest BCUT2D eigenvalue weighted by Crippen LogP contribution is 2.39. The lowest BCUT2D eigenvalue weighted by atomic mass is 9.94. The summed E-state index contributed by atoms with van der Waals surface area (Å²) in [5.74, 6) is -1.19. The Balaban J connectivity index is 1.49. The molecule has 0 radical (unpaired) electrons. The van der Waals surface area contributed by atoms with Gasteiger partial charge in [0, 0.05) is 39.5 Å². The molecule has 1 aliphatic rings. The SMILES string of the molecule is CO[n+]1cc(-c2cc(Cl)ccc2-c2cnccn2)ccc1C(CC1CC1)C(=O)Nc1ccc(C(=O)O)cc1. The first-order valence-corrected chi connectivity index (χ1v) is 12.6. The zero-order valence-corrected chi connectivity index (χ0v) is 21.4. The maximum atomic E-state index is 13.5. The predicted molar refractivity (Wildman–Crippen MR) is 143 cm³/mol. The highest BCUT2D eigenvalue weighted by molar-refractivity contribution is 6.31. The van der Waals surface area contributed by atoms with Crippen molar-refractivity contribution in [2.24, 2.45) is 5.92 Å². The van der Waals surface area contributed by atoms with E-state index in [1.807, 2.05) is 36.5 Å². The van der Waals surface area contributed by atoms with Gasteiger partial charge in [-0.15, -0.1) is 0 Å². The fourth-order valence-electron chi connectivity index (χ4n) is 4.47. The minimum Gasteiger partial charge on any atom is -0.478 e. The highest BCUT2D eigenvalue weighted by atomic mass is 35.5. The topological polar surface area (TPSA) is 105 Å². The van der Waals surface area contributed by atoms with Gasteiger partial charge in [-0.25, -0.2) is 4.79 Å². The van der Waals surface area contributed by atoms with Crippen LogP contribution in [0, 0.1) is 5.92 Å². The molecule has 1 atom stereocenters. The standard InChI is InChI=1S/C29H25ClN4O4/c1-38-34-17-20(24-15-21(30)7-10-23(24)26-16-31-12-13-32-26)6-11-27(34)25(14-18-2-3-18)28(35)33-22-8-4-19(5-9-22)29(36)37/h4-13,15-18,25H,2-3,14H2,1H3,(H-,33,35,36,37)/p+1. The Hall–Kier alpha value is -4.30. The number of anilines is 1. The summed E-state index contributed by atoms with van der Waals surface area (Å²) in [5, 5.41) is 12.7. The van der Waals surface area contributed by atoms with E-state index < -0.39 is 11.9 Å². The number of aromatic nitrogens is 3. The number of nitrogens with one attached hydrogen (secondary N) is 1. The lowest BCUT2D eigenvalue weighted by molar-refractivity contribution is -0.890. The van der Waals surface area contributed by atoms with Gasteiger partial charge in [-0.3, -0.25) is 19.6 Å². The van der Waals surface area contributed by atoms with Gasteiger partial charge < -0.3 is 10.4 Å². The van der Waals surface area contributed by atoms with Gasteiger partial charge in [0.25, 0.3) is 0 Å². The third-order valence-electron chi connectivity index (χ3n) is 6.61. The van der Waals surface area contributed by atoms with Crippen LogP contribution in [0.5, 0.6) is 0 Å². The van der Waals surface area contributed by atoms with Crippen LogP contribution in [-0.2, 0) is 4.79 Å². The van der Waals surface area contributed by atoms with Crippen LogP contribution in [0.1, 0.15) is 41.2 Å². The summed E-state index contributed by atoms with van der Waals surface area (Å²) in [7, 11) is 1.56. The van der Waals surface area contributed by atoms with Crippen LogP contribution in [0.15, 0.2) is 79.4 Å². The molecule has 0 aliphatic heterocycles. The van der Waals surface area contributed by atoms with Crippen molar-refractivity contribution in [2.45, 2.75) is 25.2 Å². The number of halogens is 1. The summed E-state index contributed by atoms with van der Waals surface area (Å²) < 4.78 is 1.62. The van der Waals surface area contributed by atoms with Gasteiger partial charge in [0.05, 0.1) is 23.0 Å². The van der Waals surface area contributed by atoms with Gasteiger partial charge in [-0.05, 0) is 60.4 Å². The number of carboxylic acid groups (broad SMARTS) is 1. The van der Waals surface area contributed by atoms with Crippen LogP contribution in [0.2, 0.25) is 5.02 Å². The van der Waals surface area contributed by atoms with Crippen LogP contribution in [0.3, 0.4) is 0 Å². The van der Waals surface area contributed by atoms with E-state index in [0.29, 0.717) is 34.4 Å². The largest absolute Gasteiger partial charge is 0.478 e. The Morgan fingerprint density at radius 3 is 2.55 bits per heavy atom. The molecule has 1 fully saturated rings. The van der Waals surface area contributed by atoms with Crippen LogP contribution in [0.4, 0.5) is 5.69 Å². The van der Waals surface area contributed by atoms with E-state index in [1.54, 1.807) is 42.6 Å². The molecule has 4 aromatic rings. The Labute approximate surface area is 224 Å². The van der Waals surface area contributed by atoms with E-state index in [2.05, 4.69) is 15.3 Å². The lowest BCUT2D eigenvalue weighted by Gasteiger charge is -2.16. The number of nitrogens with zero attached hydrogens (tertiary/aromatic N) is 3. The second kappa shape index (κ2) is 11.0. The van der Waals surface area contributed by atoms with E-state index in [-0.39, 0.29) is 11.5 Å². The number of pyridine rings is 1. The molecule has 2 heterocycles. The quantitative estimate of drug-likeness (QED) is 0.295. The molecule has 2 aromatic heterocycles. The van der Waals surface area contributed by atoms with Crippen molar-refractivity contribution in [3.05, 3.63) is 95.7 Å². The second-order valence-electron chi connectivity index (χ2n) is 9.23. The molecule has 2 aromatic carbocycles. The third kappa shape index (κ3) is 5.65. The Morgan fingerprint density at radius 1 is 1.11 bits per heavy atom. The molecule has 38 heavy (non-hydrogen) atoms. The molecule has 192 valence electrons. The zero-order chi connectivity index (χ0) is 26.6. The van der Waals surface area contributed by atoms with Crippen molar-refractivity contribution in [3.8, 4) is 22.4 Å². The molecular weight excluding hydrogens is 504 g/mol. The molecule has 0 bridgehead atoms. The van der Waals surface area contributed by atoms with Crippen LogP contribution in [-0.4, -0.2) is 34.1 Å². The van der Waals surface area contributed by atoms with E-state index in [9.17, 15) is 9.59 Å². The van der Waals surface area contributed by atoms with E-state index in [1.165, 1.54) is 12.1 Å². The van der Waals surface area contributed by atoms with E-state index in [0.717, 1.165) is 29.5 Å².